The molecule has 0 aliphatic carbocycles. The number of hydrogen-bond acceptors (Lipinski definition) is 8. The topological polar surface area (TPSA) is 162 Å². The second-order valence-corrected chi connectivity index (χ2v) is 18.7. The summed E-state index contributed by atoms with van der Waals surface area (Å²) < 4.78 is 108. The zero-order valence-electron chi connectivity index (χ0n) is 47.3. The van der Waals surface area contributed by atoms with Crippen molar-refractivity contribution in [3.63, 3.8) is 0 Å². The third kappa shape index (κ3) is 17.2. The van der Waals surface area contributed by atoms with E-state index in [1.165, 1.54) is 55.5 Å². The molecule has 0 unspecified atom stereocenters. The highest BCUT2D eigenvalue weighted by Gasteiger charge is 2.27. The second-order valence-electron chi connectivity index (χ2n) is 18.7. The molecule has 0 heterocycles. The van der Waals surface area contributed by atoms with Crippen molar-refractivity contribution in [2.24, 2.45) is 0 Å². The first kappa shape index (κ1) is 66.6. The summed E-state index contributed by atoms with van der Waals surface area (Å²) in [6, 6.07) is 17.9. The first-order valence-corrected chi connectivity index (χ1v) is 24.9. The lowest BCUT2D eigenvalue weighted by Crippen LogP contribution is -2.23. The zero-order valence-corrected chi connectivity index (χ0v) is 47.3. The van der Waals surface area contributed by atoms with E-state index in [9.17, 15) is 74.2 Å². The molecular formula is C57H64F8N8O8. The van der Waals surface area contributed by atoms with Crippen LogP contribution in [0.4, 0.5) is 35.9 Å². The first-order valence-electron chi connectivity index (χ1n) is 24.9. The summed E-state index contributed by atoms with van der Waals surface area (Å²) >= 11 is 0. The quantitative estimate of drug-likeness (QED) is 0.0739. The third-order valence-corrected chi connectivity index (χ3v) is 12.5. The summed E-state index contributed by atoms with van der Waals surface area (Å²) in [6.07, 6.45) is 1.25. The van der Waals surface area contributed by atoms with Crippen molar-refractivity contribution in [3.8, 4) is 0 Å². The lowest BCUT2D eigenvalue weighted by molar-refractivity contribution is 0.0329. The van der Waals surface area contributed by atoms with E-state index in [2.05, 4.69) is 0 Å². The highest BCUT2D eigenvalue weighted by atomic mass is 19.2. The minimum atomic E-state index is -1.13. The third-order valence-electron chi connectivity index (χ3n) is 12.5. The van der Waals surface area contributed by atoms with E-state index in [0.717, 1.165) is 79.1 Å². The van der Waals surface area contributed by atoms with E-state index in [4.69, 9.17) is 0 Å². The summed E-state index contributed by atoms with van der Waals surface area (Å²) in [5, 5.41) is -0.880. The van der Waals surface area contributed by atoms with Crippen LogP contribution in [0, 0.1) is 20.8 Å². The zero-order chi connectivity index (χ0) is 61.7. The maximum atomic E-state index is 13.8. The summed E-state index contributed by atoms with van der Waals surface area (Å²) in [7, 11) is 7.44. The molecule has 16 nitrogen and oxygen atoms in total. The molecule has 0 saturated carbocycles. The van der Waals surface area contributed by atoms with Crippen molar-refractivity contribution in [2.75, 3.05) is 56.4 Å². The fourth-order valence-corrected chi connectivity index (χ4v) is 8.48. The number of carbonyl (C=O) groups excluding carboxylic acids is 8. The molecule has 0 fully saturated rings. The smallest absolute Gasteiger partial charge is 0.267 e. The van der Waals surface area contributed by atoms with Crippen molar-refractivity contribution in [3.05, 3.63) is 173 Å². The number of benzene rings is 5. The molecule has 0 saturated heterocycles. The highest BCUT2D eigenvalue weighted by molar-refractivity contribution is 6.03. The summed E-state index contributed by atoms with van der Waals surface area (Å²) in [4.78, 5) is 97.3. The standard InChI is InChI=1S/C23H24F4N4O4.C21H24F2N2O2.C13H16F2N2O2/c1-6-14-11-19(23(35)31(5)27)15(12-18(14)22(34)30(4)26)7-13-8-16(20(32)28(2)24)10-17(9-13)21(33)29(3)25;1-6-16-11-19(21(27)25(5)23)17(12-18(16)20(26)24(4)22)10-15-8-13(2)7-14(3)9-15;1-5-9-6-10(12(18)16(3)14)8(2)11(7-9)13(19)17(4)15/h8-12H,6-7H2,1-5H3;7-9,11-12H,6,10H2,1-5H3;6-7H,5H2,1-4H3. The molecule has 0 radical (unpaired) electrons. The van der Waals surface area contributed by atoms with Gasteiger partial charge in [-0.15, -0.1) is 0 Å². The number of aryl methyl sites for hydroxylation is 5. The normalized spacial score (nSPS) is 10.5. The van der Waals surface area contributed by atoms with Crippen LogP contribution in [0.2, 0.25) is 0 Å². The van der Waals surface area contributed by atoms with Crippen LogP contribution in [0.25, 0.3) is 0 Å². The van der Waals surface area contributed by atoms with Gasteiger partial charge in [0.2, 0.25) is 0 Å². The van der Waals surface area contributed by atoms with Crippen LogP contribution in [-0.4, -0.2) is 145 Å². The van der Waals surface area contributed by atoms with Gasteiger partial charge in [0.15, 0.2) is 0 Å². The van der Waals surface area contributed by atoms with Crippen LogP contribution in [0.5, 0.6) is 0 Å². The Bertz CT molecular complexity index is 3100. The lowest BCUT2D eigenvalue weighted by Gasteiger charge is -2.18. The second kappa shape index (κ2) is 29.0. The Hall–Kier alpha value is -8.70. The Balaban J connectivity index is 0.000000334. The van der Waals surface area contributed by atoms with E-state index < -0.39 is 47.3 Å². The van der Waals surface area contributed by atoms with Gasteiger partial charge in [0, 0.05) is 101 Å². The molecule has 5 aromatic carbocycles. The molecule has 81 heavy (non-hydrogen) atoms. The molecule has 0 atom stereocenters. The Kier molecular flexibility index (Phi) is 23.8. The minimum absolute atomic E-state index is 0.0118. The van der Waals surface area contributed by atoms with Gasteiger partial charge in [0.25, 0.3) is 47.3 Å². The van der Waals surface area contributed by atoms with Gasteiger partial charge in [-0.3, -0.25) is 38.4 Å². The van der Waals surface area contributed by atoms with E-state index in [1.807, 2.05) is 39.0 Å². The van der Waals surface area contributed by atoms with Gasteiger partial charge in [-0.05, 0) is 152 Å². The Labute approximate surface area is 464 Å². The predicted molar refractivity (Wildman–Crippen MR) is 286 cm³/mol. The van der Waals surface area contributed by atoms with Gasteiger partial charge in [-0.25, -0.2) is 0 Å². The highest BCUT2D eigenvalue weighted by Crippen LogP contribution is 2.28. The predicted octanol–water partition coefficient (Wildman–Crippen LogP) is 10.5. The molecule has 8 amide bonds. The molecule has 5 aromatic rings. The molecule has 436 valence electrons. The number of rotatable bonds is 15. The summed E-state index contributed by atoms with van der Waals surface area (Å²) in [5.74, 6) is -7.62. The van der Waals surface area contributed by atoms with Crippen molar-refractivity contribution >= 4 is 47.3 Å². The maximum Gasteiger partial charge on any atom is 0.281 e. The molecular weight excluding hydrogens is 1080 g/mol. The van der Waals surface area contributed by atoms with Gasteiger partial charge in [-0.2, -0.15) is 41.0 Å². The summed E-state index contributed by atoms with van der Waals surface area (Å²) in [5.41, 5.74) is 5.12. The fourth-order valence-electron chi connectivity index (χ4n) is 8.48. The molecule has 0 bridgehead atoms. The molecule has 0 spiro atoms. The van der Waals surface area contributed by atoms with Gasteiger partial charge < -0.3 is 0 Å². The Morgan fingerprint density at radius 1 is 0.296 bits per heavy atom. The van der Waals surface area contributed by atoms with Gasteiger partial charge in [0.05, 0.1) is 0 Å². The molecule has 5 rings (SSSR count). The van der Waals surface area contributed by atoms with Crippen LogP contribution in [-0.2, 0) is 32.1 Å². The van der Waals surface area contributed by atoms with Crippen molar-refractivity contribution < 1.29 is 74.2 Å². The average Bonchev–Trinajstić information content (AvgIpc) is 3.42. The van der Waals surface area contributed by atoms with Crippen LogP contribution < -0.4 is 0 Å². The number of amides is 8. The lowest BCUT2D eigenvalue weighted by atomic mass is 9.91. The van der Waals surface area contributed by atoms with Crippen LogP contribution in [0.1, 0.15) is 159 Å². The molecule has 24 heteroatoms. The SMILES string of the molecule is CCc1cc(C(=O)N(C)F)c(C)c(C(=O)N(C)F)c1.CCc1cc(C(=O)N(C)F)c(Cc2cc(C(=O)N(C)F)cc(C(=O)N(C)F)c2)cc1C(=O)N(C)F.CCc1cc(C(=O)N(C)F)c(Cc2cc(C)cc(C)c2)cc1C(=O)N(C)F. The van der Waals surface area contributed by atoms with Crippen LogP contribution >= 0.6 is 0 Å². The molecule has 0 aromatic heterocycles. The molecule has 0 aliphatic rings. The van der Waals surface area contributed by atoms with Crippen molar-refractivity contribution in [1.82, 2.24) is 41.0 Å². The number of halogens is 8. The Morgan fingerprint density at radius 2 is 0.556 bits per heavy atom. The van der Waals surface area contributed by atoms with Crippen molar-refractivity contribution in [1.29, 1.82) is 0 Å². The molecule has 0 aliphatic heterocycles. The Morgan fingerprint density at radius 3 is 0.827 bits per heavy atom. The van der Waals surface area contributed by atoms with E-state index in [-0.39, 0.29) is 121 Å². The van der Waals surface area contributed by atoms with Gasteiger partial charge >= 0.3 is 0 Å². The first-order chi connectivity index (χ1) is 37.7. The van der Waals surface area contributed by atoms with Crippen molar-refractivity contribution in [2.45, 2.75) is 73.6 Å². The van der Waals surface area contributed by atoms with Crippen LogP contribution in [0.15, 0.2) is 72.8 Å². The largest absolute Gasteiger partial charge is 0.281 e. The van der Waals surface area contributed by atoms with E-state index >= 15 is 0 Å². The number of hydrogen-bond donors (Lipinski definition) is 0. The van der Waals surface area contributed by atoms with Gasteiger partial charge in [0.1, 0.15) is 0 Å². The number of nitrogens with zero attached hydrogens (tertiary/aromatic N) is 8. The maximum absolute atomic E-state index is 13.8. The van der Waals surface area contributed by atoms with Gasteiger partial charge in [-0.1, -0.05) is 85.9 Å². The fraction of sp³-hybridized carbons (Fsp3) is 0.333. The van der Waals surface area contributed by atoms with E-state index in [0.29, 0.717) is 36.0 Å². The monoisotopic (exact) mass is 1140 g/mol. The number of carbonyl (C=O) groups is 8. The average molecular weight is 1140 g/mol. The minimum Gasteiger partial charge on any atom is -0.267 e. The van der Waals surface area contributed by atoms with Crippen LogP contribution in [0.3, 0.4) is 0 Å². The summed E-state index contributed by atoms with van der Waals surface area (Å²) in [6.45, 7) is 10.7. The molecule has 0 N–H and O–H groups in total. The van der Waals surface area contributed by atoms with E-state index in [1.54, 1.807) is 13.8 Å².